The van der Waals surface area contributed by atoms with E-state index in [1.165, 1.54) is 0 Å². The summed E-state index contributed by atoms with van der Waals surface area (Å²) in [5.74, 6) is 5.82. The number of allylic oxidation sites excluding steroid dienone is 2. The van der Waals surface area contributed by atoms with Crippen LogP contribution in [0.3, 0.4) is 0 Å². The van der Waals surface area contributed by atoms with E-state index >= 15 is 0 Å². The van der Waals surface area contributed by atoms with Crippen molar-refractivity contribution in [2.75, 3.05) is 13.2 Å². The molecule has 2 aromatic carbocycles. The summed E-state index contributed by atoms with van der Waals surface area (Å²) in [6.07, 6.45) is 8.93. The number of unbranched alkanes of at least 4 members (excludes halogenated alkanes) is 2. The molecule has 1 aliphatic carbocycles. The van der Waals surface area contributed by atoms with E-state index in [4.69, 9.17) is 21.1 Å². The number of halogens is 1. The Morgan fingerprint density at radius 3 is 1.89 bits per heavy atom. The molecule has 2 aromatic rings. The molecule has 3 rings (SSSR count). The molecule has 0 radical (unpaired) electrons. The number of nitrogens with two attached hydrogens (primary N) is 2. The Labute approximate surface area is 232 Å². The summed E-state index contributed by atoms with van der Waals surface area (Å²) in [5.41, 5.74) is 4.67. The molecular formula is C30H40ClN3O4. The van der Waals surface area contributed by atoms with Crippen LogP contribution in [-0.2, 0) is 4.79 Å². The second-order valence-electron chi connectivity index (χ2n) is 10.8. The van der Waals surface area contributed by atoms with Crippen LogP contribution in [0.15, 0.2) is 65.8 Å². The zero-order chi connectivity index (χ0) is 27.1. The van der Waals surface area contributed by atoms with Crippen LogP contribution in [0.4, 0.5) is 0 Å². The number of ketones is 1. The maximum absolute atomic E-state index is 13.8. The van der Waals surface area contributed by atoms with Crippen molar-refractivity contribution in [3.8, 4) is 11.5 Å². The minimum Gasteiger partial charge on any atom is -0.494 e. The van der Waals surface area contributed by atoms with Gasteiger partial charge < -0.3 is 21.1 Å². The number of benzene rings is 2. The van der Waals surface area contributed by atoms with Crippen molar-refractivity contribution in [1.29, 1.82) is 0 Å². The quantitative estimate of drug-likeness (QED) is 0.0680. The van der Waals surface area contributed by atoms with Crippen LogP contribution >= 0.6 is 12.4 Å². The van der Waals surface area contributed by atoms with Gasteiger partial charge in [0, 0.05) is 11.0 Å². The third-order valence-electron chi connectivity index (χ3n) is 7.40. The molecule has 0 saturated heterocycles. The van der Waals surface area contributed by atoms with Gasteiger partial charge in [-0.2, -0.15) is 5.10 Å². The molecule has 1 unspecified atom stereocenters. The van der Waals surface area contributed by atoms with Crippen LogP contribution in [0.2, 0.25) is 0 Å². The number of amides is 1. The molecule has 0 bridgehead atoms. The van der Waals surface area contributed by atoms with E-state index in [1.54, 1.807) is 30.5 Å². The standard InChI is InChI=1S/C30H39N3O4.ClH/c1-28(2)17-8-18-29(3,4)30(28,27(31)35)26(34)23-11-15-25(16-12-23)37-20-7-5-6-19-36-24-13-9-22(10-14-24)21-33-32;/h8-17,21H,5-7,18-20,32H2,1-4H3,(H2,31,35);1H. The van der Waals surface area contributed by atoms with Gasteiger partial charge in [0.2, 0.25) is 5.91 Å². The molecule has 1 atom stereocenters. The zero-order valence-corrected chi connectivity index (χ0v) is 23.6. The maximum Gasteiger partial charge on any atom is 0.232 e. The molecular weight excluding hydrogens is 502 g/mol. The van der Waals surface area contributed by atoms with Crippen LogP contribution in [0.5, 0.6) is 11.5 Å². The molecule has 8 heteroatoms. The van der Waals surface area contributed by atoms with Crippen LogP contribution < -0.4 is 21.1 Å². The summed E-state index contributed by atoms with van der Waals surface area (Å²) in [5, 5.41) is 3.50. The lowest BCUT2D eigenvalue weighted by molar-refractivity contribution is -0.138. The number of primary amides is 1. The second kappa shape index (κ2) is 13.0. The molecule has 0 fully saturated rings. The van der Waals surface area contributed by atoms with Gasteiger partial charge in [-0.3, -0.25) is 9.59 Å². The van der Waals surface area contributed by atoms with E-state index in [9.17, 15) is 9.59 Å². The third kappa shape index (κ3) is 6.38. The lowest BCUT2D eigenvalue weighted by Gasteiger charge is -2.53. The number of rotatable bonds is 12. The molecule has 0 aliphatic heterocycles. The van der Waals surface area contributed by atoms with Gasteiger partial charge in [0.1, 0.15) is 16.9 Å². The Hall–Kier alpha value is -3.32. The average molecular weight is 542 g/mol. The van der Waals surface area contributed by atoms with E-state index in [-0.39, 0.29) is 18.2 Å². The summed E-state index contributed by atoms with van der Waals surface area (Å²) >= 11 is 0. The summed E-state index contributed by atoms with van der Waals surface area (Å²) in [6.45, 7) is 8.89. The summed E-state index contributed by atoms with van der Waals surface area (Å²) in [7, 11) is 0. The molecule has 0 saturated carbocycles. The highest BCUT2D eigenvalue weighted by Gasteiger charge is 2.64. The minimum absolute atomic E-state index is 0. The number of hydrogen-bond donors (Lipinski definition) is 2. The molecule has 4 N–H and O–H groups in total. The minimum atomic E-state index is -1.35. The van der Waals surface area contributed by atoms with Crippen molar-refractivity contribution in [3.63, 3.8) is 0 Å². The average Bonchev–Trinajstić information content (AvgIpc) is 2.84. The van der Waals surface area contributed by atoms with Gasteiger partial charge in [-0.05, 0) is 85.2 Å². The van der Waals surface area contributed by atoms with Gasteiger partial charge in [0.15, 0.2) is 5.78 Å². The highest BCUT2D eigenvalue weighted by Crippen LogP contribution is 2.58. The van der Waals surface area contributed by atoms with Gasteiger partial charge in [-0.25, -0.2) is 0 Å². The molecule has 7 nitrogen and oxygen atoms in total. The third-order valence-corrected chi connectivity index (χ3v) is 7.40. The molecule has 206 valence electrons. The Balaban J connectivity index is 0.00000507. The predicted octanol–water partition coefficient (Wildman–Crippen LogP) is 5.70. The first-order chi connectivity index (χ1) is 17.5. The van der Waals surface area contributed by atoms with E-state index in [1.807, 2.05) is 64.1 Å². The highest BCUT2D eigenvalue weighted by molar-refractivity contribution is 6.15. The number of hydrazone groups is 1. The van der Waals surface area contributed by atoms with Crippen LogP contribution in [-0.4, -0.2) is 31.1 Å². The highest BCUT2D eigenvalue weighted by atomic mass is 35.5. The van der Waals surface area contributed by atoms with Crippen molar-refractivity contribution in [2.24, 2.45) is 32.9 Å². The van der Waals surface area contributed by atoms with Crippen molar-refractivity contribution < 1.29 is 19.1 Å². The van der Waals surface area contributed by atoms with Crippen LogP contribution in [0.25, 0.3) is 0 Å². The smallest absolute Gasteiger partial charge is 0.232 e. The Morgan fingerprint density at radius 1 is 0.895 bits per heavy atom. The number of carbonyl (C=O) groups is 2. The first-order valence-electron chi connectivity index (χ1n) is 12.8. The summed E-state index contributed by atoms with van der Waals surface area (Å²) in [4.78, 5) is 26.7. The normalized spacial score (nSPS) is 19.5. The van der Waals surface area contributed by atoms with E-state index in [0.29, 0.717) is 30.9 Å². The Bertz CT molecular complexity index is 1140. The molecule has 1 aliphatic rings. The van der Waals surface area contributed by atoms with Gasteiger partial charge >= 0.3 is 0 Å². The van der Waals surface area contributed by atoms with Crippen molar-refractivity contribution in [2.45, 2.75) is 53.4 Å². The van der Waals surface area contributed by atoms with E-state index < -0.39 is 22.2 Å². The topological polar surface area (TPSA) is 117 Å². The van der Waals surface area contributed by atoms with Gasteiger partial charge in [0.25, 0.3) is 0 Å². The molecule has 0 heterocycles. The fourth-order valence-corrected chi connectivity index (χ4v) is 5.58. The summed E-state index contributed by atoms with van der Waals surface area (Å²) in [6, 6.07) is 14.6. The summed E-state index contributed by atoms with van der Waals surface area (Å²) < 4.78 is 11.6. The second-order valence-corrected chi connectivity index (χ2v) is 10.8. The predicted molar refractivity (Wildman–Crippen MR) is 154 cm³/mol. The maximum atomic E-state index is 13.8. The first kappa shape index (κ1) is 30.9. The number of hydrogen-bond acceptors (Lipinski definition) is 6. The van der Waals surface area contributed by atoms with Gasteiger partial charge in [-0.1, -0.05) is 39.8 Å². The first-order valence-corrected chi connectivity index (χ1v) is 12.8. The van der Waals surface area contributed by atoms with E-state index in [2.05, 4.69) is 5.10 Å². The number of ether oxygens (including phenoxy) is 2. The Kier molecular flexibility index (Phi) is 10.5. The SMILES string of the molecule is CC1(C)C=CCC(C)(C)C1(C(N)=O)C(=O)c1ccc(OCCCCCOc2ccc(C=NN)cc2)cc1.Cl. The van der Waals surface area contributed by atoms with Crippen LogP contribution in [0.1, 0.15) is 69.3 Å². The molecule has 1 amide bonds. The number of Topliss-reactive ketones (excluding diaryl/α,β-unsaturated/α-hetero) is 1. The lowest BCUT2D eigenvalue weighted by atomic mass is 9.46. The Morgan fingerprint density at radius 2 is 1.42 bits per heavy atom. The number of nitrogens with zero attached hydrogens (tertiary/aromatic N) is 1. The fraction of sp³-hybridized carbons (Fsp3) is 0.433. The molecule has 38 heavy (non-hydrogen) atoms. The van der Waals surface area contributed by atoms with Crippen molar-refractivity contribution in [3.05, 3.63) is 71.8 Å². The zero-order valence-electron chi connectivity index (χ0n) is 22.7. The lowest BCUT2D eigenvalue weighted by Crippen LogP contribution is -2.62. The van der Waals surface area contributed by atoms with E-state index in [0.717, 1.165) is 30.6 Å². The van der Waals surface area contributed by atoms with Gasteiger partial charge in [-0.15, -0.1) is 12.4 Å². The van der Waals surface area contributed by atoms with Crippen molar-refractivity contribution >= 4 is 30.3 Å². The van der Waals surface area contributed by atoms with Gasteiger partial charge in [0.05, 0.1) is 19.4 Å². The van der Waals surface area contributed by atoms with Crippen molar-refractivity contribution in [1.82, 2.24) is 0 Å². The fourth-order valence-electron chi connectivity index (χ4n) is 5.58. The van der Waals surface area contributed by atoms with Crippen LogP contribution in [0, 0.1) is 16.2 Å². The monoisotopic (exact) mass is 541 g/mol. The molecule has 0 spiro atoms. The molecule has 0 aromatic heterocycles. The number of carbonyl (C=O) groups excluding carboxylic acids is 2. The largest absolute Gasteiger partial charge is 0.494 e.